The molecule has 124 valence electrons. The molecular formula is C21H14N4O. The van der Waals surface area contributed by atoms with Crippen LogP contribution in [0.3, 0.4) is 0 Å². The topological polar surface area (TPSA) is 70.7 Å². The van der Waals surface area contributed by atoms with E-state index >= 15 is 0 Å². The molecule has 0 unspecified atom stereocenters. The van der Waals surface area contributed by atoms with Crippen LogP contribution in [0, 0.1) is 11.8 Å². The number of pyridine rings is 1. The molecule has 2 aromatic carbocycles. The first kappa shape index (κ1) is 15.6. The molecule has 0 aliphatic heterocycles. The maximum atomic E-state index is 12.6. The number of nitrogens with zero attached hydrogens (tertiary/aromatic N) is 2. The summed E-state index contributed by atoms with van der Waals surface area (Å²) in [7, 11) is 0. The van der Waals surface area contributed by atoms with E-state index in [1.807, 2.05) is 54.6 Å². The van der Waals surface area contributed by atoms with Gasteiger partial charge in [0.15, 0.2) is 0 Å². The molecule has 26 heavy (non-hydrogen) atoms. The van der Waals surface area contributed by atoms with Gasteiger partial charge in [0.05, 0.1) is 17.3 Å². The third-order valence-corrected chi connectivity index (χ3v) is 3.84. The quantitative estimate of drug-likeness (QED) is 0.549. The Hall–Kier alpha value is -3.91. The Labute approximate surface area is 150 Å². The minimum absolute atomic E-state index is 0.199. The van der Waals surface area contributed by atoms with Crippen molar-refractivity contribution in [1.82, 2.24) is 15.2 Å². The number of H-pyrrole nitrogens is 1. The third-order valence-electron chi connectivity index (χ3n) is 3.84. The lowest BCUT2D eigenvalue weighted by Gasteiger charge is -2.06. The van der Waals surface area contributed by atoms with Crippen molar-refractivity contribution in [2.45, 2.75) is 0 Å². The molecule has 0 atom stereocenters. The Morgan fingerprint density at radius 2 is 1.92 bits per heavy atom. The van der Waals surface area contributed by atoms with Gasteiger partial charge in [0.25, 0.3) is 5.91 Å². The van der Waals surface area contributed by atoms with Crippen molar-refractivity contribution in [3.05, 3.63) is 89.9 Å². The number of amides is 1. The summed E-state index contributed by atoms with van der Waals surface area (Å²) in [5, 5.41) is 10.7. The number of hydrogen-bond donors (Lipinski definition) is 2. The van der Waals surface area contributed by atoms with Gasteiger partial charge in [0.1, 0.15) is 5.69 Å². The highest BCUT2D eigenvalue weighted by molar-refractivity contribution is 6.11. The summed E-state index contributed by atoms with van der Waals surface area (Å²) >= 11 is 0. The molecule has 0 fully saturated rings. The zero-order valence-corrected chi connectivity index (χ0v) is 13.7. The first-order valence-electron chi connectivity index (χ1n) is 8.06. The number of aromatic amines is 1. The number of anilines is 1. The molecule has 0 aliphatic rings. The van der Waals surface area contributed by atoms with Crippen LogP contribution in [-0.2, 0) is 0 Å². The van der Waals surface area contributed by atoms with E-state index in [4.69, 9.17) is 0 Å². The normalized spacial score (nSPS) is 10.2. The fraction of sp³-hybridized carbons (Fsp3) is 0. The molecule has 0 bridgehead atoms. The number of nitrogens with one attached hydrogen (secondary N) is 2. The fourth-order valence-electron chi connectivity index (χ4n) is 2.60. The molecule has 0 saturated carbocycles. The summed E-state index contributed by atoms with van der Waals surface area (Å²) in [6, 6.07) is 18.5. The summed E-state index contributed by atoms with van der Waals surface area (Å²) in [6.07, 6.45) is 3.40. The summed E-state index contributed by atoms with van der Waals surface area (Å²) < 4.78 is 0. The summed E-state index contributed by atoms with van der Waals surface area (Å²) in [5.41, 5.74) is 3.45. The number of para-hydroxylation sites is 1. The molecule has 5 heteroatoms. The number of carbonyl (C=O) groups is 1. The van der Waals surface area contributed by atoms with E-state index in [1.165, 1.54) is 0 Å². The Balaban J connectivity index is 1.57. The zero-order valence-electron chi connectivity index (χ0n) is 13.7. The van der Waals surface area contributed by atoms with Gasteiger partial charge in [-0.1, -0.05) is 30.2 Å². The van der Waals surface area contributed by atoms with Crippen LogP contribution in [0.1, 0.15) is 21.6 Å². The van der Waals surface area contributed by atoms with Crippen molar-refractivity contribution in [1.29, 1.82) is 0 Å². The van der Waals surface area contributed by atoms with Gasteiger partial charge in [-0.25, -0.2) is 4.98 Å². The van der Waals surface area contributed by atoms with Gasteiger partial charge in [-0.3, -0.25) is 9.89 Å². The maximum Gasteiger partial charge on any atom is 0.257 e. The molecule has 2 N–H and O–H groups in total. The fourth-order valence-corrected chi connectivity index (χ4v) is 2.60. The molecule has 2 heterocycles. The van der Waals surface area contributed by atoms with Crippen LogP contribution in [0.2, 0.25) is 0 Å². The van der Waals surface area contributed by atoms with E-state index in [9.17, 15) is 4.79 Å². The average Bonchev–Trinajstić information content (AvgIpc) is 3.16. The number of fused-ring (bicyclic) bond motifs is 1. The third kappa shape index (κ3) is 3.30. The van der Waals surface area contributed by atoms with Gasteiger partial charge in [-0.05, 0) is 42.3 Å². The molecule has 2 aromatic heterocycles. The number of carbonyl (C=O) groups excluding carboxylic acids is 1. The molecule has 1 amide bonds. The first-order valence-corrected chi connectivity index (χ1v) is 8.06. The minimum atomic E-state index is -0.199. The van der Waals surface area contributed by atoms with Crippen LogP contribution in [0.15, 0.2) is 73.1 Å². The highest BCUT2D eigenvalue weighted by Crippen LogP contribution is 2.18. The van der Waals surface area contributed by atoms with Crippen molar-refractivity contribution in [3.8, 4) is 11.8 Å². The molecular weight excluding hydrogens is 324 g/mol. The average molecular weight is 338 g/mol. The van der Waals surface area contributed by atoms with Gasteiger partial charge in [-0.2, -0.15) is 5.10 Å². The molecule has 0 saturated heterocycles. The number of hydrogen-bond acceptors (Lipinski definition) is 3. The van der Waals surface area contributed by atoms with Crippen LogP contribution < -0.4 is 5.32 Å². The lowest BCUT2D eigenvalue weighted by atomic mass is 10.1. The number of aromatic nitrogens is 3. The van der Waals surface area contributed by atoms with Crippen molar-refractivity contribution in [2.24, 2.45) is 0 Å². The number of benzene rings is 2. The predicted octanol–water partition coefficient (Wildman–Crippen LogP) is 3.61. The molecule has 0 aliphatic carbocycles. The Bertz CT molecular complexity index is 1140. The van der Waals surface area contributed by atoms with Crippen molar-refractivity contribution in [3.63, 3.8) is 0 Å². The van der Waals surface area contributed by atoms with Crippen LogP contribution in [0.4, 0.5) is 5.69 Å². The predicted molar refractivity (Wildman–Crippen MR) is 101 cm³/mol. The van der Waals surface area contributed by atoms with E-state index in [0.717, 1.165) is 16.5 Å². The van der Waals surface area contributed by atoms with Gasteiger partial charge in [0, 0.05) is 22.8 Å². The highest BCUT2D eigenvalue weighted by atomic mass is 16.1. The van der Waals surface area contributed by atoms with E-state index < -0.39 is 0 Å². The Morgan fingerprint density at radius 3 is 2.81 bits per heavy atom. The van der Waals surface area contributed by atoms with Crippen LogP contribution >= 0.6 is 0 Å². The van der Waals surface area contributed by atoms with Crippen molar-refractivity contribution < 1.29 is 4.79 Å². The van der Waals surface area contributed by atoms with Crippen LogP contribution in [0.5, 0.6) is 0 Å². The number of rotatable bonds is 2. The van der Waals surface area contributed by atoms with Gasteiger partial charge < -0.3 is 5.32 Å². The molecule has 0 radical (unpaired) electrons. The minimum Gasteiger partial charge on any atom is -0.322 e. The summed E-state index contributed by atoms with van der Waals surface area (Å²) in [4.78, 5) is 16.8. The van der Waals surface area contributed by atoms with E-state index in [1.54, 1.807) is 18.5 Å². The highest BCUT2D eigenvalue weighted by Gasteiger charge is 2.11. The SMILES string of the molecule is O=C(Nc1cccc(C#Cc2ccccn2)c1)c1cccc2cn[nH]c12. The van der Waals surface area contributed by atoms with E-state index in [-0.39, 0.29) is 5.91 Å². The molecule has 5 nitrogen and oxygen atoms in total. The summed E-state index contributed by atoms with van der Waals surface area (Å²) in [5.74, 6) is 5.87. The standard InChI is InChI=1S/C21H14N4O/c26-21(19-9-4-6-16-14-23-25-20(16)19)24-18-8-3-5-15(13-18)10-11-17-7-1-2-12-22-17/h1-9,12-14H,(H,23,25)(H,24,26). The van der Waals surface area contributed by atoms with Crippen LogP contribution in [0.25, 0.3) is 10.9 Å². The van der Waals surface area contributed by atoms with Gasteiger partial charge >= 0.3 is 0 Å². The van der Waals surface area contributed by atoms with Crippen LogP contribution in [-0.4, -0.2) is 21.1 Å². The first-order chi connectivity index (χ1) is 12.8. The molecule has 4 aromatic rings. The second-order valence-electron chi connectivity index (χ2n) is 5.64. The van der Waals surface area contributed by atoms with E-state index in [0.29, 0.717) is 16.9 Å². The Morgan fingerprint density at radius 1 is 1.00 bits per heavy atom. The summed E-state index contributed by atoms with van der Waals surface area (Å²) in [6.45, 7) is 0. The molecule has 4 rings (SSSR count). The van der Waals surface area contributed by atoms with Crippen molar-refractivity contribution in [2.75, 3.05) is 5.32 Å². The monoisotopic (exact) mass is 338 g/mol. The van der Waals surface area contributed by atoms with Gasteiger partial charge in [0.2, 0.25) is 0 Å². The van der Waals surface area contributed by atoms with E-state index in [2.05, 4.69) is 32.3 Å². The second-order valence-corrected chi connectivity index (χ2v) is 5.64. The lowest BCUT2D eigenvalue weighted by molar-refractivity contribution is 0.102. The Kier molecular flexibility index (Phi) is 4.15. The van der Waals surface area contributed by atoms with Crippen molar-refractivity contribution >= 4 is 22.5 Å². The molecule has 0 spiro atoms. The maximum absolute atomic E-state index is 12.6. The smallest absolute Gasteiger partial charge is 0.257 e. The van der Waals surface area contributed by atoms with Gasteiger partial charge in [-0.15, -0.1) is 0 Å². The lowest BCUT2D eigenvalue weighted by Crippen LogP contribution is -2.12. The largest absolute Gasteiger partial charge is 0.322 e. The zero-order chi connectivity index (χ0) is 17.8. The second kappa shape index (κ2) is 6.91.